The van der Waals surface area contributed by atoms with Crippen molar-refractivity contribution < 1.29 is 4.74 Å². The lowest BCUT2D eigenvalue weighted by Crippen LogP contribution is -2.37. The monoisotopic (exact) mass is 275 g/mol. The molecule has 0 aromatic heterocycles. The highest BCUT2D eigenvalue weighted by Crippen LogP contribution is 2.19. The maximum absolute atomic E-state index is 9.07. The molecule has 1 aromatic carbocycles. The predicted molar refractivity (Wildman–Crippen MR) is 81.8 cm³/mol. The summed E-state index contributed by atoms with van der Waals surface area (Å²) in [6.07, 6.45) is 0. The number of rotatable bonds is 7. The highest BCUT2D eigenvalue weighted by atomic mass is 16.5. The molecule has 0 aliphatic rings. The summed E-state index contributed by atoms with van der Waals surface area (Å²) in [7, 11) is 5.76. The van der Waals surface area contributed by atoms with Gasteiger partial charge in [-0.1, -0.05) is 19.9 Å². The standard InChI is InChI=1S/C16H25N3O/c1-16(2,12-19(3)4)11-18-10-13-6-7-15(20-5)14(8-13)9-17/h6-8,18H,10-12H2,1-5H3. The fourth-order valence-corrected chi connectivity index (χ4v) is 2.41. The SMILES string of the molecule is COc1ccc(CNCC(C)(C)CN(C)C)cc1C#N. The normalized spacial score (nSPS) is 11.4. The van der Waals surface area contributed by atoms with Crippen LogP contribution in [-0.4, -0.2) is 39.2 Å². The van der Waals surface area contributed by atoms with Crippen LogP contribution in [-0.2, 0) is 6.54 Å². The van der Waals surface area contributed by atoms with Crippen LogP contribution in [0.5, 0.6) is 5.75 Å². The Labute approximate surface area is 122 Å². The molecule has 0 aliphatic carbocycles. The van der Waals surface area contributed by atoms with Crippen LogP contribution in [0.3, 0.4) is 0 Å². The van der Waals surface area contributed by atoms with E-state index in [0.29, 0.717) is 11.3 Å². The average Bonchev–Trinajstić information content (AvgIpc) is 2.36. The molecule has 0 atom stereocenters. The second-order valence-electron chi connectivity index (χ2n) is 6.15. The quantitative estimate of drug-likeness (QED) is 0.829. The number of ether oxygens (including phenoxy) is 1. The van der Waals surface area contributed by atoms with E-state index in [4.69, 9.17) is 10.00 Å². The molecule has 20 heavy (non-hydrogen) atoms. The highest BCUT2D eigenvalue weighted by Gasteiger charge is 2.18. The molecule has 0 fully saturated rings. The number of hydrogen-bond donors (Lipinski definition) is 1. The minimum atomic E-state index is 0.216. The summed E-state index contributed by atoms with van der Waals surface area (Å²) in [5.41, 5.74) is 1.90. The molecule has 0 spiro atoms. The van der Waals surface area contributed by atoms with Gasteiger partial charge in [0.15, 0.2) is 0 Å². The Bertz CT molecular complexity index is 475. The second-order valence-corrected chi connectivity index (χ2v) is 6.15. The van der Waals surface area contributed by atoms with Crippen molar-refractivity contribution in [2.24, 2.45) is 5.41 Å². The molecular weight excluding hydrogens is 250 g/mol. The van der Waals surface area contributed by atoms with Gasteiger partial charge >= 0.3 is 0 Å². The number of nitriles is 1. The molecule has 1 aromatic rings. The van der Waals surface area contributed by atoms with Crippen molar-refractivity contribution in [3.8, 4) is 11.8 Å². The van der Waals surface area contributed by atoms with E-state index in [9.17, 15) is 0 Å². The summed E-state index contributed by atoms with van der Waals surface area (Å²) in [5.74, 6) is 0.629. The zero-order valence-corrected chi connectivity index (χ0v) is 13.2. The maximum atomic E-state index is 9.07. The van der Waals surface area contributed by atoms with Crippen molar-refractivity contribution >= 4 is 0 Å². The summed E-state index contributed by atoms with van der Waals surface area (Å²) in [4.78, 5) is 2.20. The molecule has 0 heterocycles. The summed E-state index contributed by atoms with van der Waals surface area (Å²) in [6, 6.07) is 7.88. The molecule has 1 rings (SSSR count). The van der Waals surface area contributed by atoms with Gasteiger partial charge in [-0.3, -0.25) is 0 Å². The van der Waals surface area contributed by atoms with Crippen LogP contribution in [0.1, 0.15) is 25.0 Å². The largest absolute Gasteiger partial charge is 0.495 e. The van der Waals surface area contributed by atoms with Crippen LogP contribution in [0, 0.1) is 16.7 Å². The van der Waals surface area contributed by atoms with Crippen molar-refractivity contribution in [3.05, 3.63) is 29.3 Å². The third-order valence-electron chi connectivity index (χ3n) is 3.06. The van der Waals surface area contributed by atoms with E-state index < -0.39 is 0 Å². The zero-order valence-electron chi connectivity index (χ0n) is 13.2. The van der Waals surface area contributed by atoms with Gasteiger partial charge in [0.1, 0.15) is 11.8 Å². The molecule has 4 heteroatoms. The lowest BCUT2D eigenvalue weighted by molar-refractivity contribution is 0.232. The number of hydrogen-bond acceptors (Lipinski definition) is 4. The van der Waals surface area contributed by atoms with Crippen molar-refractivity contribution in [1.82, 2.24) is 10.2 Å². The number of nitrogens with zero attached hydrogens (tertiary/aromatic N) is 2. The third-order valence-corrected chi connectivity index (χ3v) is 3.06. The summed E-state index contributed by atoms with van der Waals surface area (Å²) >= 11 is 0. The van der Waals surface area contributed by atoms with Crippen LogP contribution in [0.2, 0.25) is 0 Å². The van der Waals surface area contributed by atoms with E-state index >= 15 is 0 Å². The van der Waals surface area contributed by atoms with Gasteiger partial charge in [0.25, 0.3) is 0 Å². The first-order chi connectivity index (χ1) is 9.38. The van der Waals surface area contributed by atoms with E-state index in [1.54, 1.807) is 7.11 Å². The Balaban J connectivity index is 2.57. The lowest BCUT2D eigenvalue weighted by atomic mass is 9.93. The Morgan fingerprint density at radius 1 is 1.35 bits per heavy atom. The molecule has 4 nitrogen and oxygen atoms in total. The molecule has 0 unspecified atom stereocenters. The smallest absolute Gasteiger partial charge is 0.136 e. The molecule has 110 valence electrons. The third kappa shape index (κ3) is 5.20. The van der Waals surface area contributed by atoms with Gasteiger partial charge in [-0.25, -0.2) is 0 Å². The van der Waals surface area contributed by atoms with Gasteiger partial charge in [0.05, 0.1) is 12.7 Å². The fraction of sp³-hybridized carbons (Fsp3) is 0.562. The van der Waals surface area contributed by atoms with Crippen LogP contribution in [0.15, 0.2) is 18.2 Å². The zero-order chi connectivity index (χ0) is 15.2. The molecule has 0 amide bonds. The van der Waals surface area contributed by atoms with E-state index in [-0.39, 0.29) is 5.41 Å². The van der Waals surface area contributed by atoms with Gasteiger partial charge in [-0.15, -0.1) is 0 Å². The second kappa shape index (κ2) is 7.28. The molecule has 0 saturated carbocycles. The summed E-state index contributed by atoms with van der Waals surface area (Å²) < 4.78 is 5.15. The first-order valence-electron chi connectivity index (χ1n) is 6.80. The van der Waals surface area contributed by atoms with Crippen LogP contribution >= 0.6 is 0 Å². The molecular formula is C16H25N3O. The van der Waals surface area contributed by atoms with Crippen LogP contribution in [0.4, 0.5) is 0 Å². The first kappa shape index (κ1) is 16.5. The average molecular weight is 275 g/mol. The van der Waals surface area contributed by atoms with Gasteiger partial charge < -0.3 is 15.0 Å². The van der Waals surface area contributed by atoms with Gasteiger partial charge in [-0.05, 0) is 37.2 Å². The van der Waals surface area contributed by atoms with E-state index in [1.165, 1.54) is 0 Å². The molecule has 0 saturated heterocycles. The lowest BCUT2D eigenvalue weighted by Gasteiger charge is -2.28. The summed E-state index contributed by atoms with van der Waals surface area (Å²) in [5, 5.41) is 12.5. The molecule has 0 radical (unpaired) electrons. The van der Waals surface area contributed by atoms with Crippen LogP contribution < -0.4 is 10.1 Å². The van der Waals surface area contributed by atoms with Crippen molar-refractivity contribution in [2.45, 2.75) is 20.4 Å². The Morgan fingerprint density at radius 3 is 2.60 bits per heavy atom. The minimum Gasteiger partial charge on any atom is -0.495 e. The Morgan fingerprint density at radius 2 is 2.05 bits per heavy atom. The summed E-state index contributed by atoms with van der Waals surface area (Å²) in [6.45, 7) is 7.21. The topological polar surface area (TPSA) is 48.3 Å². The van der Waals surface area contributed by atoms with Gasteiger partial charge in [0.2, 0.25) is 0 Å². The first-order valence-corrected chi connectivity index (χ1v) is 6.80. The Kier molecular flexibility index (Phi) is 6.00. The predicted octanol–water partition coefficient (Wildman–Crippen LogP) is 2.24. The molecule has 0 aliphatic heterocycles. The van der Waals surface area contributed by atoms with E-state index in [1.807, 2.05) is 18.2 Å². The number of benzene rings is 1. The number of methoxy groups -OCH3 is 1. The van der Waals surface area contributed by atoms with Crippen LogP contribution in [0.25, 0.3) is 0 Å². The van der Waals surface area contributed by atoms with Crippen molar-refractivity contribution in [3.63, 3.8) is 0 Å². The molecule has 0 bridgehead atoms. The van der Waals surface area contributed by atoms with Crippen molar-refractivity contribution in [1.29, 1.82) is 5.26 Å². The van der Waals surface area contributed by atoms with E-state index in [0.717, 1.165) is 25.2 Å². The van der Waals surface area contributed by atoms with Gasteiger partial charge in [0, 0.05) is 19.6 Å². The number of nitrogens with one attached hydrogen (secondary N) is 1. The fourth-order valence-electron chi connectivity index (χ4n) is 2.41. The van der Waals surface area contributed by atoms with Crippen molar-refractivity contribution in [2.75, 3.05) is 34.3 Å². The highest BCUT2D eigenvalue weighted by molar-refractivity contribution is 5.45. The maximum Gasteiger partial charge on any atom is 0.136 e. The van der Waals surface area contributed by atoms with E-state index in [2.05, 4.69) is 44.2 Å². The van der Waals surface area contributed by atoms with Gasteiger partial charge in [-0.2, -0.15) is 5.26 Å². The minimum absolute atomic E-state index is 0.216. The Hall–Kier alpha value is -1.57. The molecule has 1 N–H and O–H groups in total.